The third kappa shape index (κ3) is 3.61. The van der Waals surface area contributed by atoms with Crippen LogP contribution in [0.2, 0.25) is 0 Å². The van der Waals surface area contributed by atoms with Crippen molar-refractivity contribution in [2.75, 3.05) is 0 Å². The van der Waals surface area contributed by atoms with Crippen molar-refractivity contribution < 1.29 is 13.9 Å². The fourth-order valence-electron chi connectivity index (χ4n) is 1.77. The quantitative estimate of drug-likeness (QED) is 0.799. The van der Waals surface area contributed by atoms with Gasteiger partial charge in [-0.2, -0.15) is 0 Å². The van der Waals surface area contributed by atoms with E-state index in [0.717, 1.165) is 5.56 Å². The van der Waals surface area contributed by atoms with E-state index in [1.54, 1.807) is 18.2 Å². The second kappa shape index (κ2) is 6.11. The van der Waals surface area contributed by atoms with E-state index in [1.165, 1.54) is 18.2 Å². The van der Waals surface area contributed by atoms with Crippen molar-refractivity contribution >= 4 is 31.9 Å². The molecule has 1 atom stereocenters. The summed E-state index contributed by atoms with van der Waals surface area (Å²) in [6.07, 6.45) is -0.747. The van der Waals surface area contributed by atoms with Crippen LogP contribution < -0.4 is 0 Å². The molecule has 0 amide bonds. The van der Waals surface area contributed by atoms with Gasteiger partial charge >= 0.3 is 0 Å². The van der Waals surface area contributed by atoms with Crippen molar-refractivity contribution in [1.82, 2.24) is 0 Å². The molecule has 1 N–H and O–H groups in total. The summed E-state index contributed by atoms with van der Waals surface area (Å²) in [7, 11) is 0. The zero-order chi connectivity index (χ0) is 14.0. The van der Waals surface area contributed by atoms with Crippen molar-refractivity contribution in [3.05, 3.63) is 68.1 Å². The standard InChI is InChI=1S/C14H10Br2F2O/c15-9-2-3-10(13(18)7-9)14(19)6-8-1-4-12(17)11(16)5-8/h1-5,7,14,19H,6H2. The first-order valence-electron chi connectivity index (χ1n) is 5.54. The topological polar surface area (TPSA) is 20.2 Å². The molecule has 2 aromatic carbocycles. The Kier molecular flexibility index (Phi) is 4.71. The smallest absolute Gasteiger partial charge is 0.137 e. The molecule has 0 bridgehead atoms. The van der Waals surface area contributed by atoms with Gasteiger partial charge in [0.15, 0.2) is 0 Å². The Balaban J connectivity index is 2.20. The van der Waals surface area contributed by atoms with Gasteiger partial charge in [0.2, 0.25) is 0 Å². The molecule has 0 saturated carbocycles. The van der Waals surface area contributed by atoms with Crippen molar-refractivity contribution in [3.8, 4) is 0 Å². The van der Waals surface area contributed by atoms with Crippen LogP contribution in [0, 0.1) is 11.6 Å². The Morgan fingerprint density at radius 1 is 1.00 bits per heavy atom. The monoisotopic (exact) mass is 390 g/mol. The summed E-state index contributed by atoms with van der Waals surface area (Å²) >= 11 is 6.24. The Bertz CT molecular complexity index is 602. The number of aliphatic hydroxyl groups is 1. The molecule has 0 aromatic heterocycles. The molecule has 0 radical (unpaired) electrons. The first kappa shape index (κ1) is 14.6. The van der Waals surface area contributed by atoms with Crippen LogP contribution in [-0.4, -0.2) is 5.11 Å². The first-order valence-corrected chi connectivity index (χ1v) is 7.13. The number of halogens is 4. The van der Waals surface area contributed by atoms with E-state index in [9.17, 15) is 13.9 Å². The van der Waals surface area contributed by atoms with Crippen LogP contribution in [0.1, 0.15) is 17.2 Å². The highest BCUT2D eigenvalue weighted by Gasteiger charge is 2.14. The maximum absolute atomic E-state index is 13.7. The zero-order valence-electron chi connectivity index (χ0n) is 9.71. The third-order valence-corrected chi connectivity index (χ3v) is 3.84. The highest BCUT2D eigenvalue weighted by atomic mass is 79.9. The second-order valence-corrected chi connectivity index (χ2v) is 5.90. The minimum absolute atomic E-state index is 0.220. The van der Waals surface area contributed by atoms with Gasteiger partial charge in [-0.15, -0.1) is 0 Å². The Morgan fingerprint density at radius 2 is 1.74 bits per heavy atom. The molecule has 1 unspecified atom stereocenters. The van der Waals surface area contributed by atoms with Crippen molar-refractivity contribution in [3.63, 3.8) is 0 Å². The van der Waals surface area contributed by atoms with Crippen LogP contribution in [0.15, 0.2) is 45.3 Å². The van der Waals surface area contributed by atoms with Gasteiger partial charge in [0.25, 0.3) is 0 Å². The molecule has 0 fully saturated rings. The van der Waals surface area contributed by atoms with Gasteiger partial charge in [0, 0.05) is 16.5 Å². The molecule has 19 heavy (non-hydrogen) atoms. The van der Waals surface area contributed by atoms with Crippen LogP contribution in [-0.2, 0) is 6.42 Å². The fourth-order valence-corrected chi connectivity index (χ4v) is 2.53. The van der Waals surface area contributed by atoms with Crippen LogP contribution in [0.25, 0.3) is 0 Å². The molecular formula is C14H10Br2F2O. The van der Waals surface area contributed by atoms with Gasteiger partial charge in [-0.3, -0.25) is 0 Å². The van der Waals surface area contributed by atoms with Gasteiger partial charge in [-0.1, -0.05) is 28.1 Å². The van der Waals surface area contributed by atoms with Crippen LogP contribution >= 0.6 is 31.9 Å². The Hall–Kier alpha value is -0.780. The minimum Gasteiger partial charge on any atom is -0.388 e. The van der Waals surface area contributed by atoms with Crippen molar-refractivity contribution in [2.45, 2.75) is 12.5 Å². The molecule has 0 aliphatic carbocycles. The molecule has 2 aromatic rings. The number of hydrogen-bond donors (Lipinski definition) is 1. The molecule has 5 heteroatoms. The first-order chi connectivity index (χ1) is 8.97. The summed E-state index contributed by atoms with van der Waals surface area (Å²) in [5.41, 5.74) is 0.951. The maximum atomic E-state index is 13.7. The maximum Gasteiger partial charge on any atom is 0.137 e. The van der Waals surface area contributed by atoms with E-state index in [4.69, 9.17) is 0 Å². The van der Waals surface area contributed by atoms with E-state index in [2.05, 4.69) is 31.9 Å². The van der Waals surface area contributed by atoms with Gasteiger partial charge < -0.3 is 5.11 Å². The average molecular weight is 392 g/mol. The molecule has 0 saturated heterocycles. The van der Waals surface area contributed by atoms with E-state index in [0.29, 0.717) is 8.95 Å². The molecule has 2 rings (SSSR count). The SMILES string of the molecule is OC(Cc1ccc(F)c(Br)c1)c1ccc(Br)cc1F. The van der Waals surface area contributed by atoms with Crippen molar-refractivity contribution in [1.29, 1.82) is 0 Å². The summed E-state index contributed by atoms with van der Waals surface area (Å²) in [5.74, 6) is -0.837. The van der Waals surface area contributed by atoms with Crippen LogP contribution in [0.5, 0.6) is 0 Å². The summed E-state index contributed by atoms with van der Waals surface area (Å²) < 4.78 is 27.7. The zero-order valence-corrected chi connectivity index (χ0v) is 12.9. The highest BCUT2D eigenvalue weighted by Crippen LogP contribution is 2.25. The molecule has 0 heterocycles. The predicted octanol–water partition coefficient (Wildman–Crippen LogP) is 4.77. The highest BCUT2D eigenvalue weighted by molar-refractivity contribution is 9.10. The normalized spacial score (nSPS) is 12.5. The van der Waals surface area contributed by atoms with Crippen LogP contribution in [0.4, 0.5) is 8.78 Å². The Labute approximate surface area is 126 Å². The largest absolute Gasteiger partial charge is 0.388 e. The number of benzene rings is 2. The van der Waals surface area contributed by atoms with Crippen molar-refractivity contribution in [2.24, 2.45) is 0 Å². The van der Waals surface area contributed by atoms with Gasteiger partial charge in [0.05, 0.1) is 10.6 Å². The van der Waals surface area contributed by atoms with Gasteiger partial charge in [0.1, 0.15) is 11.6 Å². The number of aliphatic hydroxyl groups excluding tert-OH is 1. The van der Waals surface area contributed by atoms with E-state index < -0.39 is 11.9 Å². The molecular weight excluding hydrogens is 382 g/mol. The Morgan fingerprint density at radius 3 is 2.37 bits per heavy atom. The summed E-state index contributed by atoms with van der Waals surface area (Å²) in [6, 6.07) is 8.96. The molecule has 0 aliphatic rings. The van der Waals surface area contributed by atoms with E-state index in [-0.39, 0.29) is 17.8 Å². The lowest BCUT2D eigenvalue weighted by atomic mass is 10.0. The summed E-state index contributed by atoms with van der Waals surface area (Å²) in [4.78, 5) is 0. The molecule has 100 valence electrons. The van der Waals surface area contributed by atoms with Gasteiger partial charge in [-0.05, 0) is 45.8 Å². The number of rotatable bonds is 3. The molecule has 0 spiro atoms. The lowest BCUT2D eigenvalue weighted by Gasteiger charge is -2.12. The lowest BCUT2D eigenvalue weighted by molar-refractivity contribution is 0.173. The number of hydrogen-bond acceptors (Lipinski definition) is 1. The molecule has 0 aliphatic heterocycles. The lowest BCUT2D eigenvalue weighted by Crippen LogP contribution is -2.04. The summed E-state index contributed by atoms with van der Waals surface area (Å²) in [6.45, 7) is 0. The predicted molar refractivity (Wildman–Crippen MR) is 76.9 cm³/mol. The van der Waals surface area contributed by atoms with E-state index in [1.807, 2.05) is 0 Å². The fraction of sp³-hybridized carbons (Fsp3) is 0.143. The summed E-state index contributed by atoms with van der Waals surface area (Å²) in [5, 5.41) is 10.0. The second-order valence-electron chi connectivity index (χ2n) is 4.13. The van der Waals surface area contributed by atoms with Crippen LogP contribution in [0.3, 0.4) is 0 Å². The van der Waals surface area contributed by atoms with E-state index >= 15 is 0 Å². The van der Waals surface area contributed by atoms with Gasteiger partial charge in [-0.25, -0.2) is 8.78 Å². The third-order valence-electron chi connectivity index (χ3n) is 2.73. The molecule has 1 nitrogen and oxygen atoms in total. The average Bonchev–Trinajstić information content (AvgIpc) is 2.33. The minimum atomic E-state index is -0.967.